The van der Waals surface area contributed by atoms with Crippen LogP contribution in [0.15, 0.2) is 24.3 Å². The minimum atomic E-state index is -0.135. The third-order valence-corrected chi connectivity index (χ3v) is 3.54. The summed E-state index contributed by atoms with van der Waals surface area (Å²) < 4.78 is 0. The second kappa shape index (κ2) is 3.23. The van der Waals surface area contributed by atoms with Crippen LogP contribution >= 0.6 is 0 Å². The van der Waals surface area contributed by atoms with Crippen LogP contribution in [0, 0.1) is 11.3 Å². The Bertz CT molecular complexity index is 327. The summed E-state index contributed by atoms with van der Waals surface area (Å²) in [5.41, 5.74) is 2.57. The summed E-state index contributed by atoms with van der Waals surface area (Å²) in [5, 5.41) is 0. The van der Waals surface area contributed by atoms with Gasteiger partial charge >= 0.3 is 0 Å². The topological polar surface area (TPSA) is 17.1 Å². The third kappa shape index (κ3) is 1.28. The van der Waals surface area contributed by atoms with Gasteiger partial charge in [0.2, 0.25) is 0 Å². The lowest BCUT2D eigenvalue weighted by Gasteiger charge is -2.26. The van der Waals surface area contributed by atoms with Gasteiger partial charge in [0, 0.05) is 5.41 Å². The van der Waals surface area contributed by atoms with E-state index in [1.807, 2.05) is 0 Å². The van der Waals surface area contributed by atoms with Crippen LogP contribution in [-0.4, -0.2) is 6.29 Å². The number of rotatable bonds is 2. The smallest absolute Gasteiger partial charge is 0.127 e. The van der Waals surface area contributed by atoms with Crippen LogP contribution < -0.4 is 0 Å². The second-order valence-electron chi connectivity index (χ2n) is 4.63. The minimum Gasteiger partial charge on any atom is -0.303 e. The zero-order valence-electron chi connectivity index (χ0n) is 8.79. The molecule has 0 spiro atoms. The van der Waals surface area contributed by atoms with Gasteiger partial charge in [0.15, 0.2) is 0 Å². The Hall–Kier alpha value is -1.11. The lowest BCUT2D eigenvalue weighted by molar-refractivity contribution is -0.117. The molecule has 1 aliphatic carbocycles. The van der Waals surface area contributed by atoms with Crippen molar-refractivity contribution in [3.05, 3.63) is 35.4 Å². The summed E-state index contributed by atoms with van der Waals surface area (Å²) in [7, 11) is 0. The summed E-state index contributed by atoms with van der Waals surface area (Å²) in [5.74, 6) is 0.424. The zero-order chi connectivity index (χ0) is 10.2. The van der Waals surface area contributed by atoms with Crippen LogP contribution in [0.1, 0.15) is 25.0 Å². The Morgan fingerprint density at radius 1 is 1.21 bits per heavy atom. The number of carbonyl (C=O) groups excluding carboxylic acids is 1. The van der Waals surface area contributed by atoms with Gasteiger partial charge in [-0.25, -0.2) is 0 Å². The molecule has 0 aromatic heterocycles. The molecule has 0 saturated heterocycles. The molecule has 0 unspecified atom stereocenters. The lowest BCUT2D eigenvalue weighted by atomic mass is 9.76. The summed E-state index contributed by atoms with van der Waals surface area (Å²) in [6, 6.07) is 8.39. The van der Waals surface area contributed by atoms with Gasteiger partial charge in [0.25, 0.3) is 0 Å². The van der Waals surface area contributed by atoms with Gasteiger partial charge in [0.05, 0.1) is 0 Å². The van der Waals surface area contributed by atoms with E-state index < -0.39 is 0 Å². The van der Waals surface area contributed by atoms with Crippen molar-refractivity contribution >= 4 is 6.29 Å². The van der Waals surface area contributed by atoms with E-state index in [1.165, 1.54) is 11.1 Å². The lowest BCUT2D eigenvalue weighted by Crippen LogP contribution is -2.29. The summed E-state index contributed by atoms with van der Waals surface area (Å²) in [4.78, 5) is 11.2. The maximum Gasteiger partial charge on any atom is 0.127 e. The highest BCUT2D eigenvalue weighted by Crippen LogP contribution is 2.40. The van der Waals surface area contributed by atoms with Gasteiger partial charge in [-0.05, 0) is 29.9 Å². The zero-order valence-corrected chi connectivity index (χ0v) is 8.79. The SMILES string of the molecule is CC(C)C1(C=O)Cc2ccccc2C1. The molecule has 0 heterocycles. The van der Waals surface area contributed by atoms with Crippen molar-refractivity contribution in [1.29, 1.82) is 0 Å². The maximum atomic E-state index is 11.2. The maximum absolute atomic E-state index is 11.2. The van der Waals surface area contributed by atoms with Crippen molar-refractivity contribution in [1.82, 2.24) is 0 Å². The molecule has 74 valence electrons. The van der Waals surface area contributed by atoms with E-state index in [4.69, 9.17) is 0 Å². The predicted octanol–water partition coefficient (Wildman–Crippen LogP) is 2.63. The number of aldehydes is 1. The molecular formula is C13H16O. The van der Waals surface area contributed by atoms with Gasteiger partial charge in [-0.3, -0.25) is 0 Å². The Morgan fingerprint density at radius 3 is 2.07 bits per heavy atom. The molecule has 0 amide bonds. The molecular weight excluding hydrogens is 172 g/mol. The van der Waals surface area contributed by atoms with Crippen LogP contribution in [0.25, 0.3) is 0 Å². The molecule has 1 aromatic carbocycles. The quantitative estimate of drug-likeness (QED) is 0.652. The highest BCUT2D eigenvalue weighted by Gasteiger charge is 2.39. The third-order valence-electron chi connectivity index (χ3n) is 3.54. The van der Waals surface area contributed by atoms with E-state index in [1.54, 1.807) is 0 Å². The van der Waals surface area contributed by atoms with Gasteiger partial charge in [-0.1, -0.05) is 38.1 Å². The first kappa shape index (κ1) is 9.45. The summed E-state index contributed by atoms with van der Waals surface area (Å²) in [6.45, 7) is 4.28. The molecule has 0 atom stereocenters. The van der Waals surface area contributed by atoms with Crippen molar-refractivity contribution in [2.75, 3.05) is 0 Å². The largest absolute Gasteiger partial charge is 0.303 e. The second-order valence-corrected chi connectivity index (χ2v) is 4.63. The fourth-order valence-electron chi connectivity index (χ4n) is 2.30. The Labute approximate surface area is 85.1 Å². The van der Waals surface area contributed by atoms with E-state index in [0.29, 0.717) is 5.92 Å². The van der Waals surface area contributed by atoms with Gasteiger partial charge in [-0.2, -0.15) is 0 Å². The molecule has 0 aliphatic heterocycles. The van der Waals surface area contributed by atoms with Crippen LogP contribution in [-0.2, 0) is 17.6 Å². The first-order valence-electron chi connectivity index (χ1n) is 5.21. The first-order valence-corrected chi connectivity index (χ1v) is 5.21. The highest BCUT2D eigenvalue weighted by atomic mass is 16.1. The van der Waals surface area contributed by atoms with Gasteiger partial charge in [0.1, 0.15) is 6.29 Å². The Balaban J connectivity index is 2.37. The fraction of sp³-hybridized carbons (Fsp3) is 0.462. The predicted molar refractivity (Wildman–Crippen MR) is 57.2 cm³/mol. The number of benzene rings is 1. The van der Waals surface area contributed by atoms with E-state index in [9.17, 15) is 4.79 Å². The first-order chi connectivity index (χ1) is 6.68. The van der Waals surface area contributed by atoms with Crippen LogP contribution in [0.3, 0.4) is 0 Å². The van der Waals surface area contributed by atoms with Crippen LogP contribution in [0.5, 0.6) is 0 Å². The van der Waals surface area contributed by atoms with Gasteiger partial charge in [-0.15, -0.1) is 0 Å². The summed E-state index contributed by atoms with van der Waals surface area (Å²) >= 11 is 0. The number of hydrogen-bond acceptors (Lipinski definition) is 1. The molecule has 0 saturated carbocycles. The number of hydrogen-bond donors (Lipinski definition) is 0. The fourth-order valence-corrected chi connectivity index (χ4v) is 2.30. The molecule has 0 bridgehead atoms. The average Bonchev–Trinajstić information content (AvgIpc) is 2.57. The van der Waals surface area contributed by atoms with Crippen molar-refractivity contribution < 1.29 is 4.79 Å². The molecule has 0 radical (unpaired) electrons. The molecule has 1 heteroatoms. The van der Waals surface area contributed by atoms with Crippen molar-refractivity contribution in [2.24, 2.45) is 11.3 Å². The number of fused-ring (bicyclic) bond motifs is 1. The Morgan fingerprint density at radius 2 is 1.71 bits per heavy atom. The normalized spacial score (nSPS) is 18.2. The molecule has 14 heavy (non-hydrogen) atoms. The number of carbonyl (C=O) groups is 1. The standard InChI is InChI=1S/C13H16O/c1-10(2)13(9-14)7-11-5-3-4-6-12(11)8-13/h3-6,9-10H,7-8H2,1-2H3. The Kier molecular flexibility index (Phi) is 2.18. The van der Waals surface area contributed by atoms with Crippen molar-refractivity contribution in [3.8, 4) is 0 Å². The molecule has 2 rings (SSSR count). The van der Waals surface area contributed by atoms with Crippen molar-refractivity contribution in [3.63, 3.8) is 0 Å². The monoisotopic (exact) mass is 188 g/mol. The van der Waals surface area contributed by atoms with Crippen LogP contribution in [0.2, 0.25) is 0 Å². The molecule has 0 N–H and O–H groups in total. The molecule has 1 nitrogen and oxygen atoms in total. The van der Waals surface area contributed by atoms with Gasteiger partial charge < -0.3 is 4.79 Å². The van der Waals surface area contributed by atoms with E-state index in [-0.39, 0.29) is 5.41 Å². The highest BCUT2D eigenvalue weighted by molar-refractivity contribution is 5.64. The molecule has 1 aromatic rings. The van der Waals surface area contributed by atoms with Crippen LogP contribution in [0.4, 0.5) is 0 Å². The average molecular weight is 188 g/mol. The minimum absolute atomic E-state index is 0.135. The van der Waals surface area contributed by atoms with E-state index in [2.05, 4.69) is 38.1 Å². The summed E-state index contributed by atoms with van der Waals surface area (Å²) in [6.07, 6.45) is 3.01. The molecule has 1 aliphatic rings. The van der Waals surface area contributed by atoms with Crippen molar-refractivity contribution in [2.45, 2.75) is 26.7 Å². The van der Waals surface area contributed by atoms with E-state index in [0.717, 1.165) is 19.1 Å². The molecule has 0 fully saturated rings. The van der Waals surface area contributed by atoms with E-state index >= 15 is 0 Å².